The molecule has 3 rings (SSSR count). The van der Waals surface area contributed by atoms with Crippen LogP contribution in [0.2, 0.25) is 0 Å². The van der Waals surface area contributed by atoms with E-state index in [1.54, 1.807) is 0 Å². The van der Waals surface area contributed by atoms with Crippen LogP contribution in [0, 0.1) is 0 Å². The summed E-state index contributed by atoms with van der Waals surface area (Å²) in [5.41, 5.74) is 1.11. The third-order valence-corrected chi connectivity index (χ3v) is 5.25. The highest BCUT2D eigenvalue weighted by atomic mass is 32.1. The Balaban J connectivity index is 1.53. The van der Waals surface area contributed by atoms with Gasteiger partial charge in [0.05, 0.1) is 17.2 Å². The van der Waals surface area contributed by atoms with E-state index in [4.69, 9.17) is 4.99 Å². The zero-order valence-electron chi connectivity index (χ0n) is 14.4. The van der Waals surface area contributed by atoms with Crippen LogP contribution in [0.25, 0.3) is 0 Å². The predicted molar refractivity (Wildman–Crippen MR) is 101 cm³/mol. The van der Waals surface area contributed by atoms with E-state index in [0.717, 1.165) is 44.1 Å². The van der Waals surface area contributed by atoms with Gasteiger partial charge < -0.3 is 15.5 Å². The molecule has 0 amide bonds. The molecular weight excluding hydrogens is 320 g/mol. The fourth-order valence-corrected chi connectivity index (χ4v) is 3.71. The van der Waals surface area contributed by atoms with Crippen molar-refractivity contribution in [2.24, 2.45) is 12.0 Å². The largest absolute Gasteiger partial charge is 0.363 e. The highest BCUT2D eigenvalue weighted by molar-refractivity contribution is 7.14. The molecule has 1 aliphatic rings. The van der Waals surface area contributed by atoms with E-state index in [1.807, 2.05) is 35.3 Å². The Morgan fingerprint density at radius 3 is 2.83 bits per heavy atom. The maximum atomic E-state index is 4.70. The molecule has 130 valence electrons. The summed E-state index contributed by atoms with van der Waals surface area (Å²) in [6.45, 7) is 5.80. The number of nitrogens with one attached hydrogen (secondary N) is 2. The summed E-state index contributed by atoms with van der Waals surface area (Å²) in [5.74, 6) is 0.897. The Morgan fingerprint density at radius 1 is 1.38 bits per heavy atom. The van der Waals surface area contributed by atoms with Crippen molar-refractivity contribution in [2.75, 3.05) is 24.5 Å². The quantitative estimate of drug-likeness (QED) is 0.644. The number of guanidine groups is 1. The van der Waals surface area contributed by atoms with Gasteiger partial charge in [-0.1, -0.05) is 0 Å². The number of piperidine rings is 1. The monoisotopic (exact) mass is 346 g/mol. The molecule has 6 nitrogen and oxygen atoms in total. The second-order valence-electron chi connectivity index (χ2n) is 6.00. The number of nitrogens with zero attached hydrogens (tertiary/aromatic N) is 4. The van der Waals surface area contributed by atoms with Crippen molar-refractivity contribution in [1.29, 1.82) is 0 Å². The van der Waals surface area contributed by atoms with E-state index in [-0.39, 0.29) is 0 Å². The maximum absolute atomic E-state index is 4.70. The maximum Gasteiger partial charge on any atom is 0.191 e. The summed E-state index contributed by atoms with van der Waals surface area (Å²) in [6, 6.07) is 6.81. The van der Waals surface area contributed by atoms with Crippen LogP contribution in [0.1, 0.15) is 25.5 Å². The van der Waals surface area contributed by atoms with E-state index < -0.39 is 0 Å². The predicted octanol–water partition coefficient (Wildman–Crippen LogP) is 2.21. The van der Waals surface area contributed by atoms with Crippen molar-refractivity contribution >= 4 is 22.3 Å². The lowest BCUT2D eigenvalue weighted by atomic mass is 10.1. The average molecular weight is 347 g/mol. The van der Waals surface area contributed by atoms with Crippen molar-refractivity contribution in [1.82, 2.24) is 20.4 Å². The molecule has 2 N–H and O–H groups in total. The molecule has 0 saturated carbocycles. The minimum absolute atomic E-state index is 0.477. The van der Waals surface area contributed by atoms with Gasteiger partial charge in [0.15, 0.2) is 5.96 Å². The molecule has 3 heterocycles. The fraction of sp³-hybridized carbons (Fsp3) is 0.529. The number of hydrogen-bond donors (Lipinski definition) is 2. The molecule has 0 unspecified atom stereocenters. The van der Waals surface area contributed by atoms with Crippen molar-refractivity contribution in [3.8, 4) is 0 Å². The average Bonchev–Trinajstić information content (AvgIpc) is 3.25. The van der Waals surface area contributed by atoms with Gasteiger partial charge in [0.1, 0.15) is 0 Å². The second kappa shape index (κ2) is 8.19. The van der Waals surface area contributed by atoms with Gasteiger partial charge >= 0.3 is 0 Å². The molecular formula is C17H26N6S. The van der Waals surface area contributed by atoms with E-state index in [2.05, 4.69) is 45.1 Å². The molecule has 0 bridgehead atoms. The SMILES string of the molecule is CCNC(=NCc1ccnn1C)NC1CCN(c2cccs2)CC1. The second-order valence-corrected chi connectivity index (χ2v) is 6.92. The smallest absolute Gasteiger partial charge is 0.191 e. The van der Waals surface area contributed by atoms with Gasteiger partial charge in [-0.15, -0.1) is 11.3 Å². The Morgan fingerprint density at radius 2 is 2.21 bits per heavy atom. The Labute approximate surface area is 147 Å². The van der Waals surface area contributed by atoms with Crippen LogP contribution in [-0.2, 0) is 13.6 Å². The van der Waals surface area contributed by atoms with Crippen molar-refractivity contribution < 1.29 is 0 Å². The molecule has 0 atom stereocenters. The Bertz CT molecular complexity index is 640. The normalized spacial score (nSPS) is 16.4. The summed E-state index contributed by atoms with van der Waals surface area (Å²) >= 11 is 1.82. The van der Waals surface area contributed by atoms with Crippen molar-refractivity contribution in [2.45, 2.75) is 32.4 Å². The fourth-order valence-electron chi connectivity index (χ4n) is 2.92. The summed E-state index contributed by atoms with van der Waals surface area (Å²) in [4.78, 5) is 7.18. The Kier molecular flexibility index (Phi) is 5.74. The molecule has 24 heavy (non-hydrogen) atoms. The zero-order valence-corrected chi connectivity index (χ0v) is 15.2. The topological polar surface area (TPSA) is 57.5 Å². The van der Waals surface area contributed by atoms with Crippen LogP contribution in [0.5, 0.6) is 0 Å². The molecule has 0 spiro atoms. The van der Waals surface area contributed by atoms with Gasteiger partial charge in [0.2, 0.25) is 0 Å². The standard InChI is InChI=1S/C17H26N6S/c1-3-18-17(19-13-15-6-9-20-22(15)2)21-14-7-10-23(11-8-14)16-5-4-12-24-16/h4-6,9,12,14H,3,7-8,10-11,13H2,1-2H3,(H2,18,19,21). The minimum Gasteiger partial charge on any atom is -0.363 e. The van der Waals surface area contributed by atoms with Crippen LogP contribution in [0.15, 0.2) is 34.8 Å². The molecule has 1 saturated heterocycles. The van der Waals surface area contributed by atoms with Gasteiger partial charge in [-0.25, -0.2) is 4.99 Å². The van der Waals surface area contributed by atoms with Gasteiger partial charge in [-0.2, -0.15) is 5.10 Å². The van der Waals surface area contributed by atoms with Gasteiger partial charge in [0, 0.05) is 38.9 Å². The first-order chi connectivity index (χ1) is 11.8. The van der Waals surface area contributed by atoms with Crippen LogP contribution < -0.4 is 15.5 Å². The third-order valence-electron chi connectivity index (χ3n) is 4.32. The number of aryl methyl sites for hydroxylation is 1. The lowest BCUT2D eigenvalue weighted by Gasteiger charge is -2.33. The first kappa shape index (κ1) is 16.8. The number of aliphatic imine (C=N–C) groups is 1. The van der Waals surface area contributed by atoms with E-state index in [1.165, 1.54) is 5.00 Å². The molecule has 2 aromatic heterocycles. The summed E-state index contributed by atoms with van der Waals surface area (Å²) in [7, 11) is 1.95. The molecule has 2 aromatic rings. The first-order valence-corrected chi connectivity index (χ1v) is 9.44. The van der Waals surface area contributed by atoms with Crippen LogP contribution in [-0.4, -0.2) is 41.4 Å². The number of rotatable bonds is 5. The van der Waals surface area contributed by atoms with Crippen LogP contribution in [0.3, 0.4) is 0 Å². The van der Waals surface area contributed by atoms with Crippen LogP contribution >= 0.6 is 11.3 Å². The summed E-state index contributed by atoms with van der Waals surface area (Å²) in [6.07, 6.45) is 4.08. The van der Waals surface area contributed by atoms with Crippen LogP contribution in [0.4, 0.5) is 5.00 Å². The van der Waals surface area contributed by atoms with E-state index >= 15 is 0 Å². The number of anilines is 1. The van der Waals surface area contributed by atoms with Crippen molar-refractivity contribution in [3.63, 3.8) is 0 Å². The molecule has 1 fully saturated rings. The van der Waals surface area contributed by atoms with Gasteiger partial charge in [-0.05, 0) is 43.3 Å². The highest BCUT2D eigenvalue weighted by Crippen LogP contribution is 2.24. The van der Waals surface area contributed by atoms with Gasteiger partial charge in [-0.3, -0.25) is 4.68 Å². The van der Waals surface area contributed by atoms with Gasteiger partial charge in [0.25, 0.3) is 0 Å². The summed E-state index contributed by atoms with van der Waals surface area (Å²) < 4.78 is 1.87. The molecule has 1 aliphatic heterocycles. The first-order valence-electron chi connectivity index (χ1n) is 8.56. The Hall–Kier alpha value is -2.02. The molecule has 7 heteroatoms. The summed E-state index contributed by atoms with van der Waals surface area (Å²) in [5, 5.41) is 14.7. The zero-order chi connectivity index (χ0) is 16.8. The van der Waals surface area contributed by atoms with E-state index in [9.17, 15) is 0 Å². The van der Waals surface area contributed by atoms with Crippen molar-refractivity contribution in [3.05, 3.63) is 35.5 Å². The lowest BCUT2D eigenvalue weighted by molar-refractivity contribution is 0.462. The molecule has 0 radical (unpaired) electrons. The molecule has 0 aliphatic carbocycles. The highest BCUT2D eigenvalue weighted by Gasteiger charge is 2.20. The number of hydrogen-bond acceptors (Lipinski definition) is 4. The lowest BCUT2D eigenvalue weighted by Crippen LogP contribution is -2.48. The minimum atomic E-state index is 0.477. The molecule has 0 aromatic carbocycles. The number of aromatic nitrogens is 2. The van der Waals surface area contributed by atoms with E-state index in [0.29, 0.717) is 12.6 Å². The third kappa shape index (κ3) is 4.29. The number of thiophene rings is 1.